The number of nitrogens with one attached hydrogen (secondary N) is 1. The van der Waals surface area contributed by atoms with Crippen molar-refractivity contribution < 1.29 is 13.2 Å². The Morgan fingerprint density at radius 2 is 1.95 bits per heavy atom. The minimum Gasteiger partial charge on any atom is -0.376 e. The van der Waals surface area contributed by atoms with E-state index in [-0.39, 0.29) is 6.10 Å². The van der Waals surface area contributed by atoms with Gasteiger partial charge in [0.1, 0.15) is 0 Å². The fourth-order valence-electron chi connectivity index (χ4n) is 2.85. The zero-order chi connectivity index (χ0) is 13.5. The van der Waals surface area contributed by atoms with E-state index in [1.807, 2.05) is 13.0 Å². The van der Waals surface area contributed by atoms with Gasteiger partial charge in [-0.1, -0.05) is 18.2 Å². The molecule has 1 aliphatic carbocycles. The molecule has 0 bridgehead atoms. The number of hydrogen-bond donors (Lipinski definition) is 1. The van der Waals surface area contributed by atoms with Gasteiger partial charge in [-0.2, -0.15) is 0 Å². The molecule has 2 aliphatic rings. The average molecular weight is 281 g/mol. The summed E-state index contributed by atoms with van der Waals surface area (Å²) in [6, 6.07) is 8.52. The molecule has 1 N–H and O–H groups in total. The Morgan fingerprint density at radius 3 is 2.58 bits per heavy atom. The molecule has 3 rings (SSSR count). The van der Waals surface area contributed by atoms with Gasteiger partial charge in [0.05, 0.1) is 16.5 Å². The molecule has 2 atom stereocenters. The van der Waals surface area contributed by atoms with E-state index in [0.717, 1.165) is 19.3 Å². The van der Waals surface area contributed by atoms with E-state index in [1.165, 1.54) is 0 Å². The molecule has 1 aliphatic heterocycles. The summed E-state index contributed by atoms with van der Waals surface area (Å²) in [6.45, 7) is 2.60. The predicted molar refractivity (Wildman–Crippen MR) is 72.2 cm³/mol. The van der Waals surface area contributed by atoms with Crippen molar-refractivity contribution in [2.45, 2.75) is 42.7 Å². The van der Waals surface area contributed by atoms with E-state index >= 15 is 0 Å². The van der Waals surface area contributed by atoms with Gasteiger partial charge in [0.15, 0.2) is 0 Å². The summed E-state index contributed by atoms with van der Waals surface area (Å²) in [4.78, 5) is 0.317. The molecular weight excluding hydrogens is 262 g/mol. The summed E-state index contributed by atoms with van der Waals surface area (Å²) in [7, 11) is -3.47. The Kier molecular flexibility index (Phi) is 3.15. The molecule has 1 aromatic carbocycles. The van der Waals surface area contributed by atoms with Gasteiger partial charge in [-0.25, -0.2) is 13.1 Å². The summed E-state index contributed by atoms with van der Waals surface area (Å²) >= 11 is 0. The van der Waals surface area contributed by atoms with Crippen molar-refractivity contribution in [1.29, 1.82) is 0 Å². The van der Waals surface area contributed by atoms with Crippen LogP contribution in [0.1, 0.15) is 26.2 Å². The van der Waals surface area contributed by atoms with Gasteiger partial charge < -0.3 is 4.74 Å². The first-order valence-electron chi connectivity index (χ1n) is 6.72. The first-order valence-corrected chi connectivity index (χ1v) is 8.20. The smallest absolute Gasteiger partial charge is 0.241 e. The maximum Gasteiger partial charge on any atom is 0.241 e. The van der Waals surface area contributed by atoms with Crippen LogP contribution in [0.25, 0.3) is 0 Å². The maximum atomic E-state index is 12.4. The van der Waals surface area contributed by atoms with Gasteiger partial charge >= 0.3 is 0 Å². The van der Waals surface area contributed by atoms with Gasteiger partial charge in [-0.3, -0.25) is 0 Å². The number of ether oxygens (including phenoxy) is 1. The summed E-state index contributed by atoms with van der Waals surface area (Å²) < 4.78 is 33.4. The monoisotopic (exact) mass is 281 g/mol. The molecule has 4 nitrogen and oxygen atoms in total. The first kappa shape index (κ1) is 13.1. The van der Waals surface area contributed by atoms with Crippen molar-refractivity contribution >= 4 is 10.0 Å². The number of hydrogen-bond acceptors (Lipinski definition) is 3. The molecule has 1 heterocycles. The zero-order valence-corrected chi connectivity index (χ0v) is 11.8. The van der Waals surface area contributed by atoms with Crippen molar-refractivity contribution in [1.82, 2.24) is 4.72 Å². The fraction of sp³-hybridized carbons (Fsp3) is 0.571. The van der Waals surface area contributed by atoms with Crippen LogP contribution in [0.3, 0.4) is 0 Å². The van der Waals surface area contributed by atoms with Crippen LogP contribution in [0, 0.1) is 5.92 Å². The van der Waals surface area contributed by atoms with E-state index < -0.39 is 15.6 Å². The lowest BCUT2D eigenvalue weighted by atomic mass is 9.92. The topological polar surface area (TPSA) is 55.4 Å². The van der Waals surface area contributed by atoms with Crippen molar-refractivity contribution in [2.24, 2.45) is 5.92 Å². The minimum atomic E-state index is -3.47. The quantitative estimate of drug-likeness (QED) is 0.917. The largest absolute Gasteiger partial charge is 0.376 e. The van der Waals surface area contributed by atoms with Crippen molar-refractivity contribution in [3.05, 3.63) is 30.3 Å². The second kappa shape index (κ2) is 4.58. The number of benzene rings is 1. The van der Waals surface area contributed by atoms with Crippen molar-refractivity contribution in [3.63, 3.8) is 0 Å². The van der Waals surface area contributed by atoms with Crippen LogP contribution in [0.5, 0.6) is 0 Å². The molecule has 0 spiro atoms. The highest BCUT2D eigenvalue weighted by Crippen LogP contribution is 2.43. The molecule has 1 aromatic rings. The first-order chi connectivity index (χ1) is 9.01. The second-order valence-electron chi connectivity index (χ2n) is 5.71. The van der Waals surface area contributed by atoms with Gasteiger partial charge in [0.2, 0.25) is 10.0 Å². The van der Waals surface area contributed by atoms with Crippen LogP contribution in [0.2, 0.25) is 0 Å². The van der Waals surface area contributed by atoms with E-state index in [9.17, 15) is 8.42 Å². The molecule has 2 fully saturated rings. The van der Waals surface area contributed by atoms with Gasteiger partial charge in [0, 0.05) is 6.61 Å². The molecule has 104 valence electrons. The highest BCUT2D eigenvalue weighted by molar-refractivity contribution is 7.89. The third-order valence-electron chi connectivity index (χ3n) is 4.02. The van der Waals surface area contributed by atoms with Crippen LogP contribution < -0.4 is 4.72 Å². The summed E-state index contributed by atoms with van der Waals surface area (Å²) in [5, 5.41) is 0. The molecule has 19 heavy (non-hydrogen) atoms. The maximum absolute atomic E-state index is 12.4. The Hall–Kier alpha value is -0.910. The van der Waals surface area contributed by atoms with E-state index in [1.54, 1.807) is 24.3 Å². The lowest BCUT2D eigenvalue weighted by Gasteiger charge is -2.30. The average Bonchev–Trinajstić information content (AvgIpc) is 3.14. The molecule has 1 saturated heterocycles. The SMILES string of the molecule is CC1(NS(=O)(=O)c2ccccc2)CCOC1C1CC1. The summed E-state index contributed by atoms with van der Waals surface area (Å²) in [5.74, 6) is 0.519. The lowest BCUT2D eigenvalue weighted by molar-refractivity contribution is 0.0629. The predicted octanol–water partition coefficient (Wildman–Crippen LogP) is 1.92. The molecule has 0 aromatic heterocycles. The van der Waals surface area contributed by atoms with E-state index in [4.69, 9.17) is 4.74 Å². The Labute approximate surface area is 114 Å². The summed E-state index contributed by atoms with van der Waals surface area (Å²) in [6.07, 6.45) is 3.05. The zero-order valence-electron chi connectivity index (χ0n) is 11.0. The Morgan fingerprint density at radius 1 is 1.26 bits per heavy atom. The van der Waals surface area contributed by atoms with Gasteiger partial charge in [-0.05, 0) is 44.2 Å². The second-order valence-corrected chi connectivity index (χ2v) is 7.40. The normalized spacial score (nSPS) is 31.5. The molecule has 2 unspecified atom stereocenters. The molecular formula is C14H19NO3S. The van der Waals surface area contributed by atoms with Crippen molar-refractivity contribution in [2.75, 3.05) is 6.61 Å². The lowest BCUT2D eigenvalue weighted by Crippen LogP contribution is -2.52. The van der Waals surface area contributed by atoms with E-state index in [0.29, 0.717) is 17.4 Å². The van der Waals surface area contributed by atoms with Crippen LogP contribution >= 0.6 is 0 Å². The van der Waals surface area contributed by atoms with E-state index in [2.05, 4.69) is 4.72 Å². The third kappa shape index (κ3) is 2.55. The van der Waals surface area contributed by atoms with Crippen LogP contribution in [-0.2, 0) is 14.8 Å². The summed E-state index contributed by atoms with van der Waals surface area (Å²) in [5.41, 5.74) is -0.476. The van der Waals surface area contributed by atoms with Crippen LogP contribution in [0.4, 0.5) is 0 Å². The molecule has 5 heteroatoms. The van der Waals surface area contributed by atoms with Gasteiger partial charge in [0.25, 0.3) is 0 Å². The van der Waals surface area contributed by atoms with Crippen LogP contribution in [-0.4, -0.2) is 26.7 Å². The number of sulfonamides is 1. The van der Waals surface area contributed by atoms with Crippen molar-refractivity contribution in [3.8, 4) is 0 Å². The fourth-order valence-corrected chi connectivity index (χ4v) is 4.32. The molecule has 0 radical (unpaired) electrons. The Bertz CT molecular complexity index is 553. The Balaban J connectivity index is 1.84. The minimum absolute atomic E-state index is 0.0194. The molecule has 1 saturated carbocycles. The molecule has 0 amide bonds. The van der Waals surface area contributed by atoms with Crippen LogP contribution in [0.15, 0.2) is 35.2 Å². The third-order valence-corrected chi connectivity index (χ3v) is 5.65. The van der Waals surface area contributed by atoms with Gasteiger partial charge in [-0.15, -0.1) is 0 Å². The highest BCUT2D eigenvalue weighted by atomic mass is 32.2. The highest BCUT2D eigenvalue weighted by Gasteiger charge is 2.50. The standard InChI is InChI=1S/C14H19NO3S/c1-14(9-10-18-13(14)11-7-8-11)15-19(16,17)12-5-3-2-4-6-12/h2-6,11,13,15H,7-10H2,1H3. The number of rotatable bonds is 4.